The highest BCUT2D eigenvalue weighted by Crippen LogP contribution is 2.53. The summed E-state index contributed by atoms with van der Waals surface area (Å²) in [4.78, 5) is 0.909. The zero-order chi connectivity index (χ0) is 93.8. The summed E-state index contributed by atoms with van der Waals surface area (Å²) in [6.45, 7) is 97.5. The Labute approximate surface area is 771 Å². The van der Waals surface area contributed by atoms with E-state index in [1.54, 1.807) is 12.1 Å². The maximum Gasteiger partial charge on any atom is 0.207 e. The van der Waals surface area contributed by atoms with E-state index in [9.17, 15) is 8.42 Å². The van der Waals surface area contributed by atoms with E-state index in [0.717, 1.165) is 46.2 Å². The summed E-state index contributed by atoms with van der Waals surface area (Å²) in [7, 11) is -3.34. The zero-order valence-corrected chi connectivity index (χ0v) is 86.7. The van der Waals surface area contributed by atoms with E-state index in [1.807, 2.05) is 53.7 Å². The van der Waals surface area contributed by atoms with Crippen LogP contribution < -0.4 is 0 Å². The van der Waals surface area contributed by atoms with Crippen LogP contribution in [0.2, 0.25) is 0 Å². The van der Waals surface area contributed by atoms with Crippen molar-refractivity contribution in [2.24, 2.45) is 0 Å². The van der Waals surface area contributed by atoms with Gasteiger partial charge >= 0.3 is 0 Å². The summed E-state index contributed by atoms with van der Waals surface area (Å²) in [6, 6.07) is 43.1. The van der Waals surface area contributed by atoms with E-state index in [1.165, 1.54) is 251 Å². The summed E-state index contributed by atoms with van der Waals surface area (Å²) in [5, 5.41) is 0. The van der Waals surface area contributed by atoms with Gasteiger partial charge in [-0.1, -0.05) is 163 Å². The summed E-state index contributed by atoms with van der Waals surface area (Å²) < 4.78 is 25.2. The first-order valence-corrected chi connectivity index (χ1v) is 47.2. The standard InChI is InChI=1S/C23H32.C22H30.C19H22.C16H16O2S.C15H16.2C12H18.C2H6.2CH4/c1-12-14(3)18(7)22(19(8)15(12)4)11-23-20(9)16(5)13(2)17(6)21(23)10;1-11-13(3)17(7)21(18(8)14(11)4)22-19(9)15(5)12(2)16(6)20(22)10;1-14-9-11-15(12-10-14)19(4)13-18(2,3)16-7-5-6-8-17(16)19;1-9-5-13-14-6-10(2)12(4)8-16(14)19(17,18)15(13)7-11(9)3;1-12-3-7-14(8-4-12)11-15-9-5-13(2)6-10-15;2*1-7-8(2)10(4)12(6)11(5)9(7)3;1-2;;/h11H2,1-10H3;1-10H3;5-12H,13H2,1-4H3;5-8H,1-4H3;3-10H,11H2,1-2H3;2*1-6H3;1-2H3;2*1H4. The predicted octanol–water partition coefficient (Wildman–Crippen LogP) is 34.8. The number of fused-ring (bicyclic) bond motifs is 4. The molecule has 1 aliphatic heterocycles. The molecule has 1 heterocycles. The van der Waals surface area contributed by atoms with Gasteiger partial charge in [-0.05, 0) is 569 Å². The third kappa shape index (κ3) is 21.9. The van der Waals surface area contributed by atoms with Crippen molar-refractivity contribution in [1.82, 2.24) is 0 Å². The lowest BCUT2D eigenvalue weighted by atomic mass is 9.75. The number of hydrogen-bond donors (Lipinski definition) is 0. The fourth-order valence-corrected chi connectivity index (χ4v) is 20.8. The quantitative estimate of drug-likeness (QED) is 0.166. The summed E-state index contributed by atoms with van der Waals surface area (Å²) in [5.41, 5.74) is 70.0. The lowest BCUT2D eigenvalue weighted by Crippen LogP contribution is -2.23. The normalized spacial score (nSPS) is 13.2. The molecule has 126 heavy (non-hydrogen) atoms. The molecule has 0 radical (unpaired) electrons. The van der Waals surface area contributed by atoms with Gasteiger partial charge in [0.05, 0.1) is 9.79 Å². The number of benzene rings is 12. The van der Waals surface area contributed by atoms with Crippen molar-refractivity contribution in [2.75, 3.05) is 0 Å². The summed E-state index contributed by atoms with van der Waals surface area (Å²) in [5.74, 6) is 0. The van der Waals surface area contributed by atoms with Gasteiger partial charge in [0.25, 0.3) is 0 Å². The Hall–Kier alpha value is -9.41. The van der Waals surface area contributed by atoms with Crippen LogP contribution in [-0.4, -0.2) is 8.42 Å². The molecule has 1 unspecified atom stereocenters. The fourth-order valence-electron chi connectivity index (χ4n) is 19.0. The number of hydrogen-bond acceptors (Lipinski definition) is 2. The average Bonchev–Trinajstić information content (AvgIpc) is 1.54. The minimum absolute atomic E-state index is 0. The van der Waals surface area contributed by atoms with Crippen molar-refractivity contribution in [2.45, 2.75) is 359 Å². The maximum atomic E-state index is 12.6. The minimum Gasteiger partial charge on any atom is -0.218 e. The fraction of sp³-hybridized carbons (Fsp3) is 0.415. The molecular formula is C123H166O2S. The second kappa shape index (κ2) is 43.1. The van der Waals surface area contributed by atoms with Crippen LogP contribution in [0, 0.1) is 270 Å². The Morgan fingerprint density at radius 1 is 0.246 bits per heavy atom. The van der Waals surface area contributed by atoms with Crippen LogP contribution in [-0.2, 0) is 33.5 Å². The Bertz CT molecular complexity index is 5470. The molecule has 0 aromatic heterocycles. The van der Waals surface area contributed by atoms with E-state index >= 15 is 0 Å². The van der Waals surface area contributed by atoms with Crippen molar-refractivity contribution in [3.8, 4) is 22.3 Å². The SMILES string of the molecule is C.C.CC.Cc1c(C)c(C)c(-c2c(C)c(C)c(C)c(C)c2C)c(C)c1C.Cc1c(C)c(C)c(C)c(C)c1C.Cc1c(C)c(C)c(C)c(C)c1C.Cc1c(C)c(C)c(Cc2c(C)c(C)c(C)c(C)c2C)c(C)c1C.Cc1cc2c(cc1C)S(=O)(=O)c1cc(C)c(C)cc1-2.Cc1ccc(C2(C)CC(C)(C)c3ccccc32)cc1.Cc1ccc(Cc2ccc(C)cc2)cc1. The Balaban J connectivity index is 0.000000262. The molecule has 2 nitrogen and oxygen atoms in total. The zero-order valence-electron chi connectivity index (χ0n) is 85.9. The lowest BCUT2D eigenvalue weighted by Gasteiger charge is -2.28. The van der Waals surface area contributed by atoms with E-state index in [4.69, 9.17) is 0 Å². The van der Waals surface area contributed by atoms with Gasteiger partial charge in [0.15, 0.2) is 0 Å². The number of aryl methyl sites for hydroxylation is 7. The van der Waals surface area contributed by atoms with Gasteiger partial charge in [-0.3, -0.25) is 0 Å². The molecule has 0 saturated heterocycles. The molecule has 0 fully saturated rings. The highest BCUT2D eigenvalue weighted by molar-refractivity contribution is 7.92. The van der Waals surface area contributed by atoms with Crippen LogP contribution in [0.25, 0.3) is 22.3 Å². The molecule has 0 saturated carbocycles. The molecule has 0 bridgehead atoms. The summed E-state index contributed by atoms with van der Waals surface area (Å²) >= 11 is 0. The van der Waals surface area contributed by atoms with Crippen molar-refractivity contribution in [3.05, 3.63) is 377 Å². The van der Waals surface area contributed by atoms with Gasteiger partial charge in [0.1, 0.15) is 0 Å². The van der Waals surface area contributed by atoms with Crippen molar-refractivity contribution in [1.29, 1.82) is 0 Å². The first-order chi connectivity index (χ1) is 57.6. The van der Waals surface area contributed by atoms with Gasteiger partial charge < -0.3 is 0 Å². The molecule has 14 rings (SSSR count). The Kier molecular flexibility index (Phi) is 36.7. The van der Waals surface area contributed by atoms with E-state index in [0.29, 0.717) is 9.79 Å². The molecule has 1 aliphatic carbocycles. The van der Waals surface area contributed by atoms with Crippen LogP contribution >= 0.6 is 0 Å². The Morgan fingerprint density at radius 2 is 0.452 bits per heavy atom. The van der Waals surface area contributed by atoms with Crippen molar-refractivity contribution >= 4 is 9.84 Å². The number of rotatable bonds is 6. The van der Waals surface area contributed by atoms with E-state index in [-0.39, 0.29) is 25.7 Å². The van der Waals surface area contributed by atoms with E-state index < -0.39 is 9.84 Å². The van der Waals surface area contributed by atoms with Gasteiger partial charge in [0, 0.05) is 16.5 Å². The van der Waals surface area contributed by atoms with Crippen LogP contribution in [0.3, 0.4) is 0 Å². The largest absolute Gasteiger partial charge is 0.218 e. The highest BCUT2D eigenvalue weighted by atomic mass is 32.2. The molecule has 0 N–H and O–H groups in total. The summed E-state index contributed by atoms with van der Waals surface area (Å²) in [6.07, 6.45) is 3.27. The van der Waals surface area contributed by atoms with Crippen LogP contribution in [0.4, 0.5) is 0 Å². The molecule has 0 amide bonds. The molecule has 0 spiro atoms. The predicted molar refractivity (Wildman–Crippen MR) is 560 cm³/mol. The van der Waals surface area contributed by atoms with Gasteiger partial charge in [-0.25, -0.2) is 8.42 Å². The molecule has 12 aromatic carbocycles. The highest BCUT2D eigenvalue weighted by Gasteiger charge is 2.45. The van der Waals surface area contributed by atoms with Crippen LogP contribution in [0.15, 0.2) is 131 Å². The lowest BCUT2D eigenvalue weighted by molar-refractivity contribution is 0.425. The smallest absolute Gasteiger partial charge is 0.207 e. The van der Waals surface area contributed by atoms with Crippen LogP contribution in [0.1, 0.15) is 312 Å². The Morgan fingerprint density at radius 3 is 0.698 bits per heavy atom. The third-order valence-electron chi connectivity index (χ3n) is 31.1. The molecule has 1 atom stereocenters. The van der Waals surface area contributed by atoms with Gasteiger partial charge in [-0.2, -0.15) is 0 Å². The van der Waals surface area contributed by atoms with Crippen LogP contribution in [0.5, 0.6) is 0 Å². The second-order valence-electron chi connectivity index (χ2n) is 38.2. The monoisotopic (exact) mass is 1710 g/mol. The number of sulfone groups is 1. The minimum atomic E-state index is -3.34. The molecule has 676 valence electrons. The second-order valence-corrected chi connectivity index (χ2v) is 40.1. The maximum absolute atomic E-state index is 12.6. The first-order valence-electron chi connectivity index (χ1n) is 45.7. The molecule has 3 heteroatoms. The third-order valence-corrected chi connectivity index (χ3v) is 32.9. The van der Waals surface area contributed by atoms with Crippen molar-refractivity contribution in [3.63, 3.8) is 0 Å². The molecule has 12 aromatic rings. The molecule has 2 aliphatic rings. The first kappa shape index (κ1) is 107. The van der Waals surface area contributed by atoms with Gasteiger partial charge in [0.2, 0.25) is 9.84 Å². The van der Waals surface area contributed by atoms with Gasteiger partial charge in [-0.15, -0.1) is 0 Å². The molecular weight excluding hydrogens is 1540 g/mol. The average molecular weight is 1710 g/mol. The van der Waals surface area contributed by atoms with E-state index in [2.05, 4.69) is 360 Å². The van der Waals surface area contributed by atoms with Crippen molar-refractivity contribution < 1.29 is 8.42 Å². The topological polar surface area (TPSA) is 34.1 Å².